The second kappa shape index (κ2) is 11.1. The predicted molar refractivity (Wildman–Crippen MR) is 94.3 cm³/mol. The van der Waals surface area contributed by atoms with Crippen LogP contribution in [0.25, 0.3) is 0 Å². The van der Waals surface area contributed by atoms with Crippen LogP contribution >= 0.6 is 0 Å². The maximum absolute atomic E-state index is 4.62. The van der Waals surface area contributed by atoms with E-state index < -0.39 is 0 Å². The topological polar surface area (TPSA) is 54.2 Å². The molecular weight excluding hydrogens is 274 g/mol. The highest BCUT2D eigenvalue weighted by Crippen LogP contribution is 2.05. The van der Waals surface area contributed by atoms with Crippen molar-refractivity contribution in [3.63, 3.8) is 0 Å². The minimum absolute atomic E-state index is 0.799. The second-order valence-corrected chi connectivity index (χ2v) is 6.21. The molecule has 0 spiro atoms. The van der Waals surface area contributed by atoms with E-state index in [4.69, 9.17) is 0 Å². The molecule has 0 radical (unpaired) electrons. The maximum atomic E-state index is 4.62. The van der Waals surface area contributed by atoms with Crippen molar-refractivity contribution < 1.29 is 0 Å². The first-order valence-corrected chi connectivity index (χ1v) is 8.63. The van der Waals surface area contributed by atoms with Crippen molar-refractivity contribution in [1.82, 2.24) is 20.4 Å². The van der Waals surface area contributed by atoms with Crippen molar-refractivity contribution in [3.8, 4) is 0 Å². The summed E-state index contributed by atoms with van der Waals surface area (Å²) in [6.07, 6.45) is 8.76. The predicted octanol–water partition coefficient (Wildman–Crippen LogP) is 2.96. The number of rotatable bonds is 10. The molecule has 0 saturated carbocycles. The summed E-state index contributed by atoms with van der Waals surface area (Å²) < 4.78 is 1.98. The van der Waals surface area contributed by atoms with Crippen molar-refractivity contribution in [2.75, 3.05) is 19.6 Å². The molecule has 2 N–H and O–H groups in total. The first-order chi connectivity index (χ1) is 10.6. The maximum Gasteiger partial charge on any atom is 0.191 e. The van der Waals surface area contributed by atoms with Gasteiger partial charge in [-0.05, 0) is 38.2 Å². The van der Waals surface area contributed by atoms with Crippen LogP contribution < -0.4 is 10.6 Å². The lowest BCUT2D eigenvalue weighted by molar-refractivity contribution is 0.534. The Hall–Kier alpha value is -1.52. The van der Waals surface area contributed by atoms with Crippen LogP contribution in [0.1, 0.15) is 52.0 Å². The van der Waals surface area contributed by atoms with E-state index in [1.807, 2.05) is 10.9 Å². The molecule has 0 aliphatic heterocycles. The van der Waals surface area contributed by atoms with Crippen LogP contribution in [0.5, 0.6) is 0 Å². The quantitative estimate of drug-likeness (QED) is 0.397. The first kappa shape index (κ1) is 18.5. The normalized spacial score (nSPS) is 12.0. The number of aromatic nitrogens is 2. The lowest BCUT2D eigenvalue weighted by Crippen LogP contribution is -2.37. The zero-order valence-electron chi connectivity index (χ0n) is 14.7. The van der Waals surface area contributed by atoms with Crippen molar-refractivity contribution >= 4 is 5.96 Å². The minimum Gasteiger partial charge on any atom is -0.357 e. The largest absolute Gasteiger partial charge is 0.357 e. The zero-order chi connectivity index (χ0) is 16.2. The monoisotopic (exact) mass is 307 g/mol. The van der Waals surface area contributed by atoms with E-state index in [1.165, 1.54) is 24.8 Å². The third kappa shape index (κ3) is 8.70. The fraction of sp³-hybridized carbons (Fsp3) is 0.765. The SMILES string of the molecule is CCNC(=NCCCn1cc(C)cn1)NCCCCC(C)C. The highest BCUT2D eigenvalue weighted by molar-refractivity contribution is 5.79. The van der Waals surface area contributed by atoms with E-state index in [0.29, 0.717) is 0 Å². The van der Waals surface area contributed by atoms with Gasteiger partial charge in [-0.3, -0.25) is 9.67 Å². The molecule has 0 aromatic carbocycles. The third-order valence-electron chi connectivity index (χ3n) is 3.42. The molecule has 0 fully saturated rings. The molecule has 5 nitrogen and oxygen atoms in total. The molecular formula is C17H33N5. The number of aryl methyl sites for hydroxylation is 2. The highest BCUT2D eigenvalue weighted by Gasteiger charge is 1.98. The van der Waals surface area contributed by atoms with Crippen LogP contribution in [0.2, 0.25) is 0 Å². The summed E-state index contributed by atoms with van der Waals surface area (Å²) in [5.41, 5.74) is 1.21. The molecule has 0 atom stereocenters. The van der Waals surface area contributed by atoms with Gasteiger partial charge in [0, 0.05) is 32.4 Å². The van der Waals surface area contributed by atoms with Crippen molar-refractivity contribution in [2.24, 2.45) is 10.9 Å². The number of hydrogen-bond donors (Lipinski definition) is 2. The number of hydrogen-bond acceptors (Lipinski definition) is 2. The Kier molecular flexibility index (Phi) is 9.35. The molecule has 0 saturated heterocycles. The number of guanidine groups is 1. The van der Waals surface area contributed by atoms with Gasteiger partial charge in [-0.2, -0.15) is 5.10 Å². The van der Waals surface area contributed by atoms with Crippen LogP contribution in [-0.4, -0.2) is 35.4 Å². The van der Waals surface area contributed by atoms with Crippen LogP contribution in [0.3, 0.4) is 0 Å². The lowest BCUT2D eigenvalue weighted by Gasteiger charge is -2.11. The van der Waals surface area contributed by atoms with Gasteiger partial charge in [-0.25, -0.2) is 0 Å². The summed E-state index contributed by atoms with van der Waals surface area (Å²) >= 11 is 0. The van der Waals surface area contributed by atoms with Gasteiger partial charge in [0.2, 0.25) is 0 Å². The van der Waals surface area contributed by atoms with Gasteiger partial charge in [0.1, 0.15) is 0 Å². The first-order valence-electron chi connectivity index (χ1n) is 8.63. The average Bonchev–Trinajstić information content (AvgIpc) is 2.88. The Balaban J connectivity index is 2.20. The van der Waals surface area contributed by atoms with Gasteiger partial charge in [-0.15, -0.1) is 0 Å². The van der Waals surface area contributed by atoms with Crippen LogP contribution in [0.15, 0.2) is 17.4 Å². The molecule has 0 aliphatic rings. The van der Waals surface area contributed by atoms with E-state index in [2.05, 4.69) is 54.6 Å². The Morgan fingerprint density at radius 3 is 2.73 bits per heavy atom. The summed E-state index contributed by atoms with van der Waals surface area (Å²) in [6.45, 7) is 12.4. The molecule has 1 rings (SSSR count). The molecule has 0 unspecified atom stereocenters. The standard InChI is InChI=1S/C17H33N5/c1-5-18-17(19-10-7-6-9-15(2)3)20-11-8-12-22-14-16(4)13-21-22/h13-15H,5-12H2,1-4H3,(H2,18,19,20). The van der Waals surface area contributed by atoms with Crippen LogP contribution in [0.4, 0.5) is 0 Å². The molecule has 1 aromatic heterocycles. The molecule has 1 heterocycles. The van der Waals surface area contributed by atoms with Crippen molar-refractivity contribution in [2.45, 2.75) is 59.9 Å². The molecule has 1 aromatic rings. The summed E-state index contributed by atoms with van der Waals surface area (Å²) in [6, 6.07) is 0. The van der Waals surface area contributed by atoms with Gasteiger partial charge in [0.05, 0.1) is 6.20 Å². The molecule has 0 aliphatic carbocycles. The zero-order valence-corrected chi connectivity index (χ0v) is 14.7. The van der Waals surface area contributed by atoms with E-state index in [9.17, 15) is 0 Å². The van der Waals surface area contributed by atoms with Crippen molar-refractivity contribution in [3.05, 3.63) is 18.0 Å². The number of nitrogens with one attached hydrogen (secondary N) is 2. The smallest absolute Gasteiger partial charge is 0.191 e. The molecule has 5 heteroatoms. The van der Waals surface area contributed by atoms with Crippen LogP contribution in [0, 0.1) is 12.8 Å². The van der Waals surface area contributed by atoms with Crippen LogP contribution in [-0.2, 0) is 6.54 Å². The number of aliphatic imine (C=N–C) groups is 1. The van der Waals surface area contributed by atoms with Gasteiger partial charge in [-0.1, -0.05) is 26.7 Å². The minimum atomic E-state index is 0.799. The lowest BCUT2D eigenvalue weighted by atomic mass is 10.1. The van der Waals surface area contributed by atoms with Gasteiger partial charge in [0.15, 0.2) is 5.96 Å². The van der Waals surface area contributed by atoms with E-state index in [1.54, 1.807) is 0 Å². The van der Waals surface area contributed by atoms with Gasteiger partial charge in [0.25, 0.3) is 0 Å². The summed E-state index contributed by atoms with van der Waals surface area (Å²) in [7, 11) is 0. The van der Waals surface area contributed by atoms with Gasteiger partial charge >= 0.3 is 0 Å². The molecule has 126 valence electrons. The highest BCUT2D eigenvalue weighted by atomic mass is 15.3. The summed E-state index contributed by atoms with van der Waals surface area (Å²) in [5, 5.41) is 11.0. The summed E-state index contributed by atoms with van der Waals surface area (Å²) in [4.78, 5) is 4.62. The Labute approximate surface area is 135 Å². The summed E-state index contributed by atoms with van der Waals surface area (Å²) in [5.74, 6) is 1.73. The Bertz CT molecular complexity index is 422. The molecule has 0 bridgehead atoms. The number of nitrogens with zero attached hydrogens (tertiary/aromatic N) is 3. The number of unbranched alkanes of at least 4 members (excludes halogenated alkanes) is 1. The molecule has 22 heavy (non-hydrogen) atoms. The second-order valence-electron chi connectivity index (χ2n) is 6.21. The fourth-order valence-corrected chi connectivity index (χ4v) is 2.24. The van der Waals surface area contributed by atoms with E-state index in [0.717, 1.165) is 44.5 Å². The van der Waals surface area contributed by atoms with E-state index in [-0.39, 0.29) is 0 Å². The third-order valence-corrected chi connectivity index (χ3v) is 3.42. The van der Waals surface area contributed by atoms with E-state index >= 15 is 0 Å². The van der Waals surface area contributed by atoms with Gasteiger partial charge < -0.3 is 10.6 Å². The average molecular weight is 307 g/mol. The fourth-order valence-electron chi connectivity index (χ4n) is 2.24. The molecule has 0 amide bonds. The Morgan fingerprint density at radius 2 is 2.09 bits per heavy atom. The Morgan fingerprint density at radius 1 is 1.27 bits per heavy atom. The van der Waals surface area contributed by atoms with Crippen molar-refractivity contribution in [1.29, 1.82) is 0 Å².